The molecule has 3 nitrogen and oxygen atoms in total. The van der Waals surface area contributed by atoms with Crippen molar-refractivity contribution in [3.63, 3.8) is 0 Å². The molecule has 0 saturated carbocycles. The van der Waals surface area contributed by atoms with Crippen LogP contribution >= 0.6 is 0 Å². The molecule has 0 spiro atoms. The number of nitrogens with zero attached hydrogens (tertiary/aromatic N) is 1. The lowest BCUT2D eigenvalue weighted by molar-refractivity contribution is -0.143. The first-order valence-corrected chi connectivity index (χ1v) is 11.4. The average molecular weight is 515 g/mol. The highest BCUT2D eigenvalue weighted by atomic mass is 19.4. The number of allylic oxidation sites excluding steroid dienone is 2. The fraction of sp³-hybridized carbons (Fsp3) is 0.423. The van der Waals surface area contributed by atoms with Gasteiger partial charge in [0.05, 0.1) is 23.3 Å². The topological polar surface area (TPSA) is 29.5 Å². The Balaban J connectivity index is 1.64. The standard InChI is InChI=1S/C26H24F7NO2/c1-14-7-21(11-23(14)35)34-12-22(16-3-5-20(27)6-4-16)24(13-34)36-15(2)17-8-18(25(28,29)30)10-19(9-17)26(31,32)33/h3-6,8-11,14-15,22,24H,7,12-13H2,1-2H3/t14-,15+,22+,24-/m0/s1. The highest BCUT2D eigenvalue weighted by molar-refractivity contribution is 5.94. The minimum absolute atomic E-state index is 0.00952. The van der Waals surface area contributed by atoms with Crippen LogP contribution in [-0.4, -0.2) is 29.9 Å². The number of hydrogen-bond acceptors (Lipinski definition) is 3. The summed E-state index contributed by atoms with van der Waals surface area (Å²) in [5.74, 6) is -0.965. The number of alkyl halides is 6. The van der Waals surface area contributed by atoms with Crippen LogP contribution in [0.4, 0.5) is 30.7 Å². The minimum atomic E-state index is -4.96. The molecular formula is C26H24F7NO2. The molecular weight excluding hydrogens is 491 g/mol. The number of benzene rings is 2. The molecule has 0 radical (unpaired) electrons. The lowest BCUT2D eigenvalue weighted by Crippen LogP contribution is -2.25. The summed E-state index contributed by atoms with van der Waals surface area (Å²) in [5, 5.41) is 0. The van der Waals surface area contributed by atoms with E-state index in [2.05, 4.69) is 0 Å². The van der Waals surface area contributed by atoms with E-state index in [1.54, 1.807) is 25.1 Å². The van der Waals surface area contributed by atoms with Gasteiger partial charge in [-0.15, -0.1) is 0 Å². The zero-order chi connectivity index (χ0) is 26.4. The van der Waals surface area contributed by atoms with Gasteiger partial charge in [-0.1, -0.05) is 19.1 Å². The summed E-state index contributed by atoms with van der Waals surface area (Å²) in [6.45, 7) is 3.90. The van der Waals surface area contributed by atoms with Crippen molar-refractivity contribution in [1.82, 2.24) is 4.90 Å². The highest BCUT2D eigenvalue weighted by Gasteiger charge is 2.40. The Kier molecular flexibility index (Phi) is 6.94. The Bertz CT molecular complexity index is 1120. The number of rotatable bonds is 5. The largest absolute Gasteiger partial charge is 0.416 e. The van der Waals surface area contributed by atoms with Crippen molar-refractivity contribution < 1.29 is 40.3 Å². The molecule has 1 heterocycles. The van der Waals surface area contributed by atoms with E-state index in [-0.39, 0.29) is 35.8 Å². The zero-order valence-corrected chi connectivity index (χ0v) is 19.5. The number of ether oxygens (including phenoxy) is 1. The fourth-order valence-electron chi connectivity index (χ4n) is 4.73. The molecule has 2 aromatic carbocycles. The van der Waals surface area contributed by atoms with Gasteiger partial charge in [0.2, 0.25) is 0 Å². The van der Waals surface area contributed by atoms with E-state index in [0.717, 1.165) is 5.70 Å². The molecule has 194 valence electrons. The van der Waals surface area contributed by atoms with Crippen LogP contribution in [-0.2, 0) is 21.9 Å². The summed E-state index contributed by atoms with van der Waals surface area (Å²) in [6.07, 6.45) is -9.57. The lowest BCUT2D eigenvalue weighted by atomic mass is 9.95. The van der Waals surface area contributed by atoms with Crippen molar-refractivity contribution in [2.75, 3.05) is 13.1 Å². The second-order valence-corrected chi connectivity index (χ2v) is 9.36. The van der Waals surface area contributed by atoms with Gasteiger partial charge in [-0.05, 0) is 54.8 Å². The molecule has 0 aromatic heterocycles. The molecule has 36 heavy (non-hydrogen) atoms. The van der Waals surface area contributed by atoms with Crippen LogP contribution < -0.4 is 0 Å². The first-order valence-electron chi connectivity index (χ1n) is 11.4. The van der Waals surface area contributed by atoms with Crippen LogP contribution in [0.2, 0.25) is 0 Å². The number of halogens is 7. The predicted octanol–water partition coefficient (Wildman–Crippen LogP) is 6.90. The molecule has 2 aromatic rings. The third-order valence-corrected chi connectivity index (χ3v) is 6.74. The molecule has 10 heteroatoms. The molecule has 4 atom stereocenters. The maximum atomic E-state index is 13.5. The Morgan fingerprint density at radius 2 is 1.53 bits per heavy atom. The summed E-state index contributed by atoms with van der Waals surface area (Å²) in [7, 11) is 0. The van der Waals surface area contributed by atoms with Gasteiger partial charge < -0.3 is 9.64 Å². The van der Waals surface area contributed by atoms with Gasteiger partial charge in [0.25, 0.3) is 0 Å². The second-order valence-electron chi connectivity index (χ2n) is 9.36. The number of ketones is 1. The molecule has 0 amide bonds. The van der Waals surface area contributed by atoms with Crippen LogP contribution in [0.15, 0.2) is 54.2 Å². The van der Waals surface area contributed by atoms with Gasteiger partial charge in [-0.2, -0.15) is 26.3 Å². The van der Waals surface area contributed by atoms with Crippen molar-refractivity contribution in [3.8, 4) is 0 Å². The van der Waals surface area contributed by atoms with Gasteiger partial charge in [0.1, 0.15) is 5.82 Å². The molecule has 2 aliphatic rings. The van der Waals surface area contributed by atoms with Crippen molar-refractivity contribution in [2.45, 2.75) is 50.7 Å². The fourth-order valence-corrected chi connectivity index (χ4v) is 4.73. The quantitative estimate of drug-likeness (QED) is 0.406. The number of carbonyl (C=O) groups excluding carboxylic acids is 1. The average Bonchev–Trinajstić information content (AvgIpc) is 3.35. The van der Waals surface area contributed by atoms with Gasteiger partial charge in [0, 0.05) is 36.7 Å². The maximum absolute atomic E-state index is 13.5. The number of carbonyl (C=O) groups is 1. The van der Waals surface area contributed by atoms with Crippen LogP contribution in [0.3, 0.4) is 0 Å². The third-order valence-electron chi connectivity index (χ3n) is 6.74. The first kappa shape index (κ1) is 26.2. The number of hydrogen-bond donors (Lipinski definition) is 0. The van der Waals surface area contributed by atoms with E-state index in [4.69, 9.17) is 4.74 Å². The molecule has 0 bridgehead atoms. The molecule has 1 aliphatic heterocycles. The van der Waals surface area contributed by atoms with E-state index >= 15 is 0 Å². The smallest absolute Gasteiger partial charge is 0.371 e. The molecule has 4 rings (SSSR count). The van der Waals surface area contributed by atoms with Crippen molar-refractivity contribution in [1.29, 1.82) is 0 Å². The maximum Gasteiger partial charge on any atom is 0.416 e. The van der Waals surface area contributed by atoms with Gasteiger partial charge >= 0.3 is 12.4 Å². The van der Waals surface area contributed by atoms with Crippen LogP contribution in [0.5, 0.6) is 0 Å². The molecule has 1 saturated heterocycles. The summed E-state index contributed by atoms with van der Waals surface area (Å²) in [5.41, 5.74) is -1.55. The van der Waals surface area contributed by atoms with Crippen molar-refractivity contribution in [2.24, 2.45) is 5.92 Å². The number of likely N-dealkylation sites (tertiary alicyclic amines) is 1. The zero-order valence-electron chi connectivity index (χ0n) is 19.5. The van der Waals surface area contributed by atoms with Gasteiger partial charge in [-0.3, -0.25) is 4.79 Å². The van der Waals surface area contributed by atoms with Crippen LogP contribution in [0, 0.1) is 11.7 Å². The second kappa shape index (κ2) is 9.53. The molecule has 1 fully saturated rings. The van der Waals surface area contributed by atoms with E-state index in [1.807, 2.05) is 4.90 Å². The summed E-state index contributed by atoms with van der Waals surface area (Å²) < 4.78 is 99.6. The highest BCUT2D eigenvalue weighted by Crippen LogP contribution is 2.40. The predicted molar refractivity (Wildman–Crippen MR) is 117 cm³/mol. The van der Waals surface area contributed by atoms with E-state index in [1.165, 1.54) is 19.1 Å². The first-order chi connectivity index (χ1) is 16.7. The SMILES string of the molecule is C[C@H]1CC(N2C[C@H](O[C@H](C)c3cc(C(F)(F)F)cc(C(F)(F)F)c3)[C@@H](c3ccc(F)cc3)C2)=CC1=O. The van der Waals surface area contributed by atoms with Gasteiger partial charge in [-0.25, -0.2) is 4.39 Å². The van der Waals surface area contributed by atoms with E-state index < -0.39 is 41.5 Å². The minimum Gasteiger partial charge on any atom is -0.371 e. The lowest BCUT2D eigenvalue weighted by Gasteiger charge is -2.25. The molecule has 0 N–H and O–H groups in total. The Hall–Kier alpha value is -2.88. The van der Waals surface area contributed by atoms with Crippen LogP contribution in [0.25, 0.3) is 0 Å². The third kappa shape index (κ3) is 5.58. The Morgan fingerprint density at radius 3 is 2.03 bits per heavy atom. The molecule has 0 unspecified atom stereocenters. The summed E-state index contributed by atoms with van der Waals surface area (Å²) in [6, 6.07) is 7.13. The molecule has 1 aliphatic carbocycles. The summed E-state index contributed by atoms with van der Waals surface area (Å²) >= 11 is 0. The van der Waals surface area contributed by atoms with E-state index in [9.17, 15) is 35.5 Å². The van der Waals surface area contributed by atoms with Crippen LogP contribution in [0.1, 0.15) is 54.5 Å². The Labute approximate surface area is 203 Å². The monoisotopic (exact) mass is 515 g/mol. The summed E-state index contributed by atoms with van der Waals surface area (Å²) in [4.78, 5) is 14.0. The van der Waals surface area contributed by atoms with Crippen molar-refractivity contribution in [3.05, 3.63) is 82.3 Å². The van der Waals surface area contributed by atoms with Crippen molar-refractivity contribution >= 4 is 5.78 Å². The normalized spacial score (nSPS) is 23.8. The Morgan fingerprint density at radius 1 is 0.944 bits per heavy atom. The van der Waals surface area contributed by atoms with Gasteiger partial charge in [0.15, 0.2) is 5.78 Å². The van der Waals surface area contributed by atoms with E-state index in [0.29, 0.717) is 30.7 Å².